The fourth-order valence-electron chi connectivity index (χ4n) is 2.57. The smallest absolute Gasteiger partial charge is 0.330 e. The van der Waals surface area contributed by atoms with E-state index < -0.39 is 17.6 Å². The predicted octanol–water partition coefficient (Wildman–Crippen LogP) is 3.02. The van der Waals surface area contributed by atoms with Gasteiger partial charge in [0.15, 0.2) is 0 Å². The zero-order chi connectivity index (χ0) is 15.0. The molecule has 1 fully saturated rings. The van der Waals surface area contributed by atoms with Crippen molar-refractivity contribution in [1.29, 1.82) is 0 Å². The van der Waals surface area contributed by atoms with Crippen LogP contribution in [-0.4, -0.2) is 24.5 Å². The van der Waals surface area contributed by atoms with E-state index in [0.29, 0.717) is 18.7 Å². The van der Waals surface area contributed by atoms with E-state index in [1.807, 2.05) is 0 Å². The maximum Gasteiger partial charge on any atom is 0.419 e. The molecule has 1 aromatic rings. The van der Waals surface area contributed by atoms with Gasteiger partial charge in [-0.15, -0.1) is 0 Å². The number of hydrogen-bond donors (Lipinski definition) is 1. The molecule has 20 heavy (non-hydrogen) atoms. The highest BCUT2D eigenvalue weighted by molar-refractivity contribution is 5.27. The van der Waals surface area contributed by atoms with E-state index >= 15 is 0 Å². The summed E-state index contributed by atoms with van der Waals surface area (Å²) in [5.74, 6) is -1.23. The molecule has 0 amide bonds. The molecule has 0 bridgehead atoms. The third-order valence-corrected chi connectivity index (χ3v) is 3.87. The molecule has 2 rings (SSSR count). The second-order valence-corrected chi connectivity index (χ2v) is 5.79. The molecular formula is C14H18F4N2. The van der Waals surface area contributed by atoms with Crippen LogP contribution in [0.3, 0.4) is 0 Å². The van der Waals surface area contributed by atoms with E-state index in [9.17, 15) is 17.6 Å². The van der Waals surface area contributed by atoms with Crippen LogP contribution in [0.15, 0.2) is 18.2 Å². The second-order valence-electron chi connectivity index (χ2n) is 5.79. The molecule has 0 spiro atoms. The van der Waals surface area contributed by atoms with E-state index in [2.05, 4.69) is 11.8 Å². The molecule has 0 radical (unpaired) electrons. The molecule has 1 aliphatic heterocycles. The molecule has 0 saturated carbocycles. The Morgan fingerprint density at radius 2 is 2.05 bits per heavy atom. The van der Waals surface area contributed by atoms with Gasteiger partial charge in [-0.05, 0) is 42.6 Å². The van der Waals surface area contributed by atoms with Gasteiger partial charge in [-0.25, -0.2) is 4.39 Å². The van der Waals surface area contributed by atoms with Gasteiger partial charge in [-0.1, -0.05) is 13.0 Å². The first-order chi connectivity index (χ1) is 9.23. The van der Waals surface area contributed by atoms with Crippen LogP contribution in [0.1, 0.15) is 24.5 Å². The van der Waals surface area contributed by atoms with Gasteiger partial charge >= 0.3 is 6.18 Å². The Hall–Kier alpha value is -1.14. The summed E-state index contributed by atoms with van der Waals surface area (Å²) in [7, 11) is 0. The summed E-state index contributed by atoms with van der Waals surface area (Å²) < 4.78 is 51.2. The van der Waals surface area contributed by atoms with Crippen molar-refractivity contribution in [3.05, 3.63) is 35.1 Å². The number of likely N-dealkylation sites (tertiary alicyclic amines) is 1. The molecule has 2 nitrogen and oxygen atoms in total. The predicted molar refractivity (Wildman–Crippen MR) is 68.5 cm³/mol. The summed E-state index contributed by atoms with van der Waals surface area (Å²) in [6.45, 7) is 4.56. The summed E-state index contributed by atoms with van der Waals surface area (Å²) in [5.41, 5.74) is 4.99. The lowest BCUT2D eigenvalue weighted by Gasteiger charge is -2.22. The molecule has 1 saturated heterocycles. The number of rotatable bonds is 3. The van der Waals surface area contributed by atoms with Crippen molar-refractivity contribution in [3.63, 3.8) is 0 Å². The van der Waals surface area contributed by atoms with E-state index in [0.717, 1.165) is 31.6 Å². The number of benzene rings is 1. The molecule has 112 valence electrons. The maximum atomic E-state index is 13.2. The number of hydrogen-bond acceptors (Lipinski definition) is 2. The Kier molecular flexibility index (Phi) is 4.07. The summed E-state index contributed by atoms with van der Waals surface area (Å²) >= 11 is 0. The van der Waals surface area contributed by atoms with E-state index in [1.165, 1.54) is 6.07 Å². The molecule has 1 heterocycles. The first-order valence-electron chi connectivity index (χ1n) is 6.52. The highest BCUT2D eigenvalue weighted by Crippen LogP contribution is 2.33. The first kappa shape index (κ1) is 15.3. The number of alkyl halides is 3. The van der Waals surface area contributed by atoms with Crippen LogP contribution in [0.25, 0.3) is 0 Å². The van der Waals surface area contributed by atoms with E-state index in [1.54, 1.807) is 0 Å². The molecule has 6 heteroatoms. The third kappa shape index (κ3) is 3.30. The molecule has 1 aromatic carbocycles. The van der Waals surface area contributed by atoms with Crippen molar-refractivity contribution in [2.24, 2.45) is 11.1 Å². The maximum absolute atomic E-state index is 13.2. The lowest BCUT2D eigenvalue weighted by Crippen LogP contribution is -2.31. The van der Waals surface area contributed by atoms with Crippen LogP contribution in [0, 0.1) is 11.2 Å². The van der Waals surface area contributed by atoms with E-state index in [-0.39, 0.29) is 5.41 Å². The van der Waals surface area contributed by atoms with Gasteiger partial charge < -0.3 is 5.73 Å². The fraction of sp³-hybridized carbons (Fsp3) is 0.571. The van der Waals surface area contributed by atoms with Gasteiger partial charge in [0.2, 0.25) is 0 Å². The average Bonchev–Trinajstić information content (AvgIpc) is 2.73. The zero-order valence-corrected chi connectivity index (χ0v) is 11.3. The van der Waals surface area contributed by atoms with Crippen molar-refractivity contribution >= 4 is 0 Å². The second kappa shape index (κ2) is 5.33. The molecular weight excluding hydrogens is 272 g/mol. The number of nitrogens with zero attached hydrogens (tertiary/aromatic N) is 1. The van der Waals surface area contributed by atoms with Gasteiger partial charge in [-0.2, -0.15) is 13.2 Å². The normalized spacial score (nSPS) is 24.3. The minimum absolute atomic E-state index is 0.0207. The fourth-order valence-corrected chi connectivity index (χ4v) is 2.57. The monoisotopic (exact) mass is 290 g/mol. The van der Waals surface area contributed by atoms with Crippen LogP contribution < -0.4 is 5.73 Å². The summed E-state index contributed by atoms with van der Waals surface area (Å²) in [4.78, 5) is 2.06. The van der Waals surface area contributed by atoms with Gasteiger partial charge in [0.1, 0.15) is 5.82 Å². The number of halogens is 4. The lowest BCUT2D eigenvalue weighted by molar-refractivity contribution is -0.140. The van der Waals surface area contributed by atoms with Crippen LogP contribution in [-0.2, 0) is 12.7 Å². The Labute approximate surface area is 115 Å². The van der Waals surface area contributed by atoms with Gasteiger partial charge in [0.05, 0.1) is 5.56 Å². The van der Waals surface area contributed by atoms with Crippen molar-refractivity contribution < 1.29 is 17.6 Å². The summed E-state index contributed by atoms with van der Waals surface area (Å²) in [6.07, 6.45) is -3.73. The standard InChI is InChI=1S/C14H18F4N2/c1-13(8-19)4-5-20(9-13)7-10-2-3-12(15)11(6-10)14(16,17)18/h2-3,6H,4-5,7-9,19H2,1H3. The zero-order valence-electron chi connectivity index (χ0n) is 11.3. The molecule has 0 aliphatic carbocycles. The Morgan fingerprint density at radius 3 is 2.60 bits per heavy atom. The Morgan fingerprint density at radius 1 is 1.35 bits per heavy atom. The molecule has 1 aliphatic rings. The van der Waals surface area contributed by atoms with Crippen molar-refractivity contribution in [2.45, 2.75) is 26.1 Å². The minimum atomic E-state index is -4.66. The SMILES string of the molecule is CC1(CN)CCN(Cc2ccc(F)c(C(F)(F)F)c2)C1. The Balaban J connectivity index is 2.12. The van der Waals surface area contributed by atoms with Crippen LogP contribution in [0.4, 0.5) is 17.6 Å². The molecule has 0 aromatic heterocycles. The largest absolute Gasteiger partial charge is 0.419 e. The highest BCUT2D eigenvalue weighted by Gasteiger charge is 2.35. The highest BCUT2D eigenvalue weighted by atomic mass is 19.4. The van der Waals surface area contributed by atoms with Crippen LogP contribution >= 0.6 is 0 Å². The Bertz CT molecular complexity index is 487. The minimum Gasteiger partial charge on any atom is -0.330 e. The number of nitrogens with two attached hydrogens (primary N) is 1. The third-order valence-electron chi connectivity index (χ3n) is 3.87. The van der Waals surface area contributed by atoms with Crippen molar-refractivity contribution in [3.8, 4) is 0 Å². The summed E-state index contributed by atoms with van der Waals surface area (Å²) in [5, 5.41) is 0. The van der Waals surface area contributed by atoms with Gasteiger partial charge in [0, 0.05) is 13.1 Å². The van der Waals surface area contributed by atoms with E-state index in [4.69, 9.17) is 5.73 Å². The van der Waals surface area contributed by atoms with Crippen LogP contribution in [0.5, 0.6) is 0 Å². The average molecular weight is 290 g/mol. The van der Waals surface area contributed by atoms with Gasteiger partial charge in [-0.3, -0.25) is 4.90 Å². The van der Waals surface area contributed by atoms with Crippen LogP contribution in [0.2, 0.25) is 0 Å². The first-order valence-corrected chi connectivity index (χ1v) is 6.52. The van der Waals surface area contributed by atoms with Crippen molar-refractivity contribution in [2.75, 3.05) is 19.6 Å². The molecule has 2 N–H and O–H groups in total. The lowest BCUT2D eigenvalue weighted by atomic mass is 9.90. The topological polar surface area (TPSA) is 29.3 Å². The van der Waals surface area contributed by atoms with Crippen molar-refractivity contribution in [1.82, 2.24) is 4.90 Å². The quantitative estimate of drug-likeness (QED) is 0.867. The van der Waals surface area contributed by atoms with Gasteiger partial charge in [0.25, 0.3) is 0 Å². The molecule has 1 atom stereocenters. The molecule has 1 unspecified atom stereocenters. The summed E-state index contributed by atoms with van der Waals surface area (Å²) in [6, 6.07) is 3.19.